The van der Waals surface area contributed by atoms with Gasteiger partial charge in [-0.05, 0) is 54.3 Å². The topological polar surface area (TPSA) is 106 Å². The Morgan fingerprint density at radius 2 is 1.86 bits per heavy atom. The van der Waals surface area contributed by atoms with Crippen LogP contribution >= 0.6 is 0 Å². The number of para-hydroxylation sites is 1. The molecule has 37 heavy (non-hydrogen) atoms. The van der Waals surface area contributed by atoms with E-state index in [1.807, 2.05) is 32.0 Å². The quantitative estimate of drug-likeness (QED) is 0.435. The lowest BCUT2D eigenvalue weighted by molar-refractivity contribution is -0.137. The van der Waals surface area contributed by atoms with Crippen LogP contribution in [0.15, 0.2) is 59.5 Å². The van der Waals surface area contributed by atoms with Crippen LogP contribution < -0.4 is 4.74 Å². The molecule has 3 aromatic rings. The maximum absolute atomic E-state index is 13.6. The summed E-state index contributed by atoms with van der Waals surface area (Å²) in [4.78, 5) is 24.0. The Morgan fingerprint density at radius 1 is 1.14 bits per heavy atom. The van der Waals surface area contributed by atoms with Crippen molar-refractivity contribution in [2.24, 2.45) is 7.05 Å². The standard InChI is InChI=1S/C28H32N2O6S/c1-5-22-17-30(37(34,35)27-9-7-6-8-26(27)36-22)16-21-14-20(11-10-18(21)2)23(15-28(32)33)25-13-12-24(19(3)31)29(25)4/h6-14,22-23H,5,15-17H2,1-4H3,(H,32,33)/t22-,23?/m1/s1. The van der Waals surface area contributed by atoms with Gasteiger partial charge in [-0.25, -0.2) is 8.42 Å². The van der Waals surface area contributed by atoms with E-state index >= 15 is 0 Å². The Kier molecular flexibility index (Phi) is 7.57. The number of sulfonamides is 1. The molecule has 0 bridgehead atoms. The molecule has 2 atom stereocenters. The van der Waals surface area contributed by atoms with Crippen LogP contribution in [0.1, 0.15) is 65.5 Å². The summed E-state index contributed by atoms with van der Waals surface area (Å²) in [5.74, 6) is -1.23. The average molecular weight is 525 g/mol. The van der Waals surface area contributed by atoms with Crippen molar-refractivity contribution in [2.75, 3.05) is 6.54 Å². The van der Waals surface area contributed by atoms with Crippen LogP contribution in [0.2, 0.25) is 0 Å². The number of Topliss-reactive ketones (excluding diaryl/α,β-unsaturated/α-hetero) is 1. The van der Waals surface area contributed by atoms with E-state index in [0.29, 0.717) is 23.6 Å². The molecule has 4 rings (SSSR count). The van der Waals surface area contributed by atoms with Crippen LogP contribution in [0.4, 0.5) is 0 Å². The Hall–Kier alpha value is -3.43. The van der Waals surface area contributed by atoms with Gasteiger partial charge in [-0.3, -0.25) is 9.59 Å². The monoisotopic (exact) mass is 524 g/mol. The summed E-state index contributed by atoms with van der Waals surface area (Å²) in [5, 5.41) is 9.67. The van der Waals surface area contributed by atoms with Crippen molar-refractivity contribution >= 4 is 21.8 Å². The van der Waals surface area contributed by atoms with Gasteiger partial charge < -0.3 is 14.4 Å². The van der Waals surface area contributed by atoms with Crippen molar-refractivity contribution in [2.45, 2.75) is 57.1 Å². The molecule has 1 N–H and O–H groups in total. The number of hydrogen-bond donors (Lipinski definition) is 1. The van der Waals surface area contributed by atoms with Crippen molar-refractivity contribution in [1.82, 2.24) is 8.87 Å². The number of benzene rings is 2. The van der Waals surface area contributed by atoms with Gasteiger partial charge in [-0.15, -0.1) is 0 Å². The van der Waals surface area contributed by atoms with Gasteiger partial charge in [0.2, 0.25) is 10.0 Å². The van der Waals surface area contributed by atoms with Gasteiger partial charge in [0.1, 0.15) is 16.7 Å². The van der Waals surface area contributed by atoms with Gasteiger partial charge in [-0.2, -0.15) is 4.31 Å². The van der Waals surface area contributed by atoms with Gasteiger partial charge in [0, 0.05) is 32.1 Å². The smallest absolute Gasteiger partial charge is 0.304 e. The Morgan fingerprint density at radius 3 is 2.51 bits per heavy atom. The molecule has 1 aliphatic heterocycles. The summed E-state index contributed by atoms with van der Waals surface area (Å²) < 4.78 is 36.5. The molecule has 0 fully saturated rings. The van der Waals surface area contributed by atoms with E-state index in [4.69, 9.17) is 4.74 Å². The van der Waals surface area contributed by atoms with Crippen LogP contribution in [0, 0.1) is 6.92 Å². The number of aryl methyl sites for hydroxylation is 1. The first-order chi connectivity index (χ1) is 17.5. The first-order valence-electron chi connectivity index (χ1n) is 12.3. The Balaban J connectivity index is 1.75. The molecule has 2 aromatic carbocycles. The fourth-order valence-electron chi connectivity index (χ4n) is 4.87. The molecule has 0 amide bonds. The van der Waals surface area contributed by atoms with Gasteiger partial charge in [0.25, 0.3) is 0 Å². The lowest BCUT2D eigenvalue weighted by Crippen LogP contribution is -2.36. The number of carbonyl (C=O) groups is 2. The number of carboxylic acid groups (broad SMARTS) is 1. The van der Waals surface area contributed by atoms with E-state index in [1.54, 1.807) is 48.0 Å². The third-order valence-corrected chi connectivity index (χ3v) is 8.85. The normalized spacial score (nSPS) is 17.9. The van der Waals surface area contributed by atoms with E-state index in [1.165, 1.54) is 11.2 Å². The summed E-state index contributed by atoms with van der Waals surface area (Å²) in [6.07, 6.45) is 0.181. The molecule has 1 aliphatic rings. The van der Waals surface area contributed by atoms with Crippen LogP contribution in [-0.2, 0) is 28.4 Å². The summed E-state index contributed by atoms with van der Waals surface area (Å²) in [7, 11) is -2.07. The molecule has 0 aliphatic carbocycles. The van der Waals surface area contributed by atoms with Crippen LogP contribution in [0.5, 0.6) is 5.75 Å². The van der Waals surface area contributed by atoms with E-state index in [-0.39, 0.29) is 36.3 Å². The second kappa shape index (κ2) is 10.5. The molecular formula is C28H32N2O6S. The highest BCUT2D eigenvalue weighted by atomic mass is 32.2. The first-order valence-corrected chi connectivity index (χ1v) is 13.7. The zero-order chi connectivity index (χ0) is 26.9. The number of carboxylic acids is 1. The predicted octanol–water partition coefficient (Wildman–Crippen LogP) is 4.50. The van der Waals surface area contributed by atoms with Gasteiger partial charge in [0.15, 0.2) is 5.78 Å². The lowest BCUT2D eigenvalue weighted by Gasteiger charge is -2.24. The second-order valence-corrected chi connectivity index (χ2v) is 11.4. The van der Waals surface area contributed by atoms with Crippen LogP contribution in [0.3, 0.4) is 0 Å². The van der Waals surface area contributed by atoms with Gasteiger partial charge >= 0.3 is 5.97 Å². The minimum Gasteiger partial charge on any atom is -0.488 e. The van der Waals surface area contributed by atoms with Crippen molar-refractivity contribution in [3.63, 3.8) is 0 Å². The summed E-state index contributed by atoms with van der Waals surface area (Å²) in [6, 6.07) is 15.8. The molecule has 0 saturated heterocycles. The number of aliphatic carboxylic acids is 1. The van der Waals surface area contributed by atoms with E-state index < -0.39 is 21.9 Å². The summed E-state index contributed by atoms with van der Waals surface area (Å²) in [6.45, 7) is 5.68. The van der Waals surface area contributed by atoms with E-state index in [2.05, 4.69) is 0 Å². The number of aromatic nitrogens is 1. The molecule has 8 nitrogen and oxygen atoms in total. The number of hydrogen-bond acceptors (Lipinski definition) is 5. The maximum atomic E-state index is 13.6. The first kappa shape index (κ1) is 26.6. The fraction of sp³-hybridized carbons (Fsp3) is 0.357. The number of nitrogens with zero attached hydrogens (tertiary/aromatic N) is 2. The second-order valence-electron chi connectivity index (χ2n) is 9.49. The molecule has 196 valence electrons. The highest BCUT2D eigenvalue weighted by molar-refractivity contribution is 7.89. The van der Waals surface area contributed by atoms with Crippen molar-refractivity contribution in [3.8, 4) is 5.75 Å². The zero-order valence-corrected chi connectivity index (χ0v) is 22.3. The highest BCUT2D eigenvalue weighted by Crippen LogP contribution is 2.34. The van der Waals surface area contributed by atoms with E-state index in [0.717, 1.165) is 16.7 Å². The third kappa shape index (κ3) is 5.33. The van der Waals surface area contributed by atoms with Crippen molar-refractivity contribution in [3.05, 3.63) is 82.7 Å². The summed E-state index contributed by atoms with van der Waals surface area (Å²) in [5.41, 5.74) is 3.63. The number of fused-ring (bicyclic) bond motifs is 1. The van der Waals surface area contributed by atoms with Gasteiger partial charge in [0.05, 0.1) is 18.7 Å². The molecular weight excluding hydrogens is 492 g/mol. The Bertz CT molecular complexity index is 1440. The molecule has 1 unspecified atom stereocenters. The SMILES string of the molecule is CC[C@@H]1CN(Cc2cc(C(CC(=O)O)c3ccc(C(C)=O)n3C)ccc2C)S(=O)(=O)c2ccccc2O1. The maximum Gasteiger partial charge on any atom is 0.304 e. The minimum absolute atomic E-state index is 0.105. The number of ether oxygens (including phenoxy) is 1. The zero-order valence-electron chi connectivity index (χ0n) is 21.5. The molecule has 1 aromatic heterocycles. The number of carbonyl (C=O) groups excluding carboxylic acids is 1. The highest BCUT2D eigenvalue weighted by Gasteiger charge is 2.34. The Labute approximate surface area is 217 Å². The molecule has 0 saturated carbocycles. The van der Waals surface area contributed by atoms with Crippen LogP contribution in [0.25, 0.3) is 0 Å². The van der Waals surface area contributed by atoms with Gasteiger partial charge in [-0.1, -0.05) is 37.3 Å². The van der Waals surface area contributed by atoms with Crippen molar-refractivity contribution < 1.29 is 27.9 Å². The number of ketones is 1. The van der Waals surface area contributed by atoms with E-state index in [9.17, 15) is 23.1 Å². The average Bonchev–Trinajstić information content (AvgIpc) is 3.19. The van der Waals surface area contributed by atoms with Crippen molar-refractivity contribution in [1.29, 1.82) is 0 Å². The molecule has 2 heterocycles. The predicted molar refractivity (Wildman–Crippen MR) is 139 cm³/mol. The molecule has 0 spiro atoms. The number of rotatable bonds is 8. The minimum atomic E-state index is -3.82. The fourth-order valence-corrected chi connectivity index (χ4v) is 6.44. The molecule has 9 heteroatoms. The third-order valence-electron chi connectivity index (χ3n) is 7.00. The molecule has 0 radical (unpaired) electrons. The lowest BCUT2D eigenvalue weighted by atomic mass is 9.90. The van der Waals surface area contributed by atoms with Crippen LogP contribution in [-0.4, -0.2) is 46.8 Å². The largest absolute Gasteiger partial charge is 0.488 e. The summed E-state index contributed by atoms with van der Waals surface area (Å²) >= 11 is 0.